The Labute approximate surface area is 56.5 Å². The van der Waals surface area contributed by atoms with E-state index in [9.17, 15) is 0 Å². The van der Waals surface area contributed by atoms with Crippen LogP contribution in [0.1, 0.15) is 13.8 Å². The van der Waals surface area contributed by atoms with Gasteiger partial charge in [0.15, 0.2) is 0 Å². The predicted octanol–water partition coefficient (Wildman–Crippen LogP) is 1.57. The molecule has 0 saturated carbocycles. The molecule has 0 aromatic rings. The van der Waals surface area contributed by atoms with Crippen molar-refractivity contribution < 1.29 is 9.47 Å². The summed E-state index contributed by atoms with van der Waals surface area (Å²) in [6.45, 7) is 5.18. The zero-order chi connectivity index (χ0) is 7.11. The van der Waals surface area contributed by atoms with Crippen LogP contribution in [0.4, 0.5) is 0 Å². The van der Waals surface area contributed by atoms with Crippen LogP contribution in [0.15, 0.2) is 11.8 Å². The van der Waals surface area contributed by atoms with Crippen molar-refractivity contribution in [2.24, 2.45) is 0 Å². The first kappa shape index (κ1) is 8.50. The molecule has 0 fully saturated rings. The highest BCUT2D eigenvalue weighted by Crippen LogP contribution is 1.92. The molecule has 0 aromatic carbocycles. The lowest BCUT2D eigenvalue weighted by atomic mass is 10.5. The lowest BCUT2D eigenvalue weighted by molar-refractivity contribution is 0.110. The van der Waals surface area contributed by atoms with Gasteiger partial charge in [0.25, 0.3) is 0 Å². The summed E-state index contributed by atoms with van der Waals surface area (Å²) >= 11 is 0. The van der Waals surface area contributed by atoms with Crippen LogP contribution in [0.2, 0.25) is 0 Å². The van der Waals surface area contributed by atoms with Crippen molar-refractivity contribution in [2.75, 3.05) is 20.3 Å². The topological polar surface area (TPSA) is 18.5 Å². The smallest absolute Gasteiger partial charge is 0.111 e. The molecule has 0 atom stereocenters. The Bertz CT molecular complexity index is 86.9. The van der Waals surface area contributed by atoms with E-state index in [1.165, 1.54) is 0 Å². The van der Waals surface area contributed by atoms with Gasteiger partial charge in [-0.25, -0.2) is 0 Å². The Morgan fingerprint density at radius 1 is 1.44 bits per heavy atom. The van der Waals surface area contributed by atoms with Crippen molar-refractivity contribution >= 4 is 0 Å². The molecule has 2 heteroatoms. The molecular formula is C7H14O2. The molecule has 0 aromatic heterocycles. The Hall–Kier alpha value is -0.500. The first-order chi connectivity index (χ1) is 4.31. The van der Waals surface area contributed by atoms with Gasteiger partial charge in [0, 0.05) is 7.11 Å². The minimum Gasteiger partial charge on any atom is -0.496 e. The van der Waals surface area contributed by atoms with E-state index < -0.39 is 0 Å². The van der Waals surface area contributed by atoms with Gasteiger partial charge in [-0.3, -0.25) is 0 Å². The van der Waals surface area contributed by atoms with Crippen molar-refractivity contribution in [3.05, 3.63) is 11.8 Å². The Morgan fingerprint density at radius 2 is 2.11 bits per heavy atom. The second-order valence-electron chi connectivity index (χ2n) is 1.74. The Balaban J connectivity index is 3.07. The summed E-state index contributed by atoms with van der Waals surface area (Å²) in [7, 11) is 1.66. The van der Waals surface area contributed by atoms with E-state index in [2.05, 4.69) is 0 Å². The molecule has 0 N–H and O–H groups in total. The summed E-state index contributed by atoms with van der Waals surface area (Å²) in [6, 6.07) is 0. The Morgan fingerprint density at radius 3 is 2.56 bits per heavy atom. The van der Waals surface area contributed by atoms with Gasteiger partial charge in [-0.15, -0.1) is 0 Å². The molecule has 54 valence electrons. The molecule has 0 aliphatic heterocycles. The monoisotopic (exact) mass is 130 g/mol. The maximum Gasteiger partial charge on any atom is 0.111 e. The number of ether oxygens (including phenoxy) is 2. The molecule has 0 aliphatic carbocycles. The van der Waals surface area contributed by atoms with Crippen LogP contribution < -0.4 is 0 Å². The molecule has 9 heavy (non-hydrogen) atoms. The first-order valence-corrected chi connectivity index (χ1v) is 3.06. The lowest BCUT2D eigenvalue weighted by Gasteiger charge is -2.03. The van der Waals surface area contributed by atoms with E-state index >= 15 is 0 Å². The summed E-state index contributed by atoms with van der Waals surface area (Å²) in [5.74, 6) is 0.951. The number of allylic oxidation sites excluding steroid dienone is 2. The quantitative estimate of drug-likeness (QED) is 0.425. The van der Waals surface area contributed by atoms with Gasteiger partial charge < -0.3 is 9.47 Å². The predicted molar refractivity (Wildman–Crippen MR) is 37.3 cm³/mol. The van der Waals surface area contributed by atoms with Crippen molar-refractivity contribution in [1.82, 2.24) is 0 Å². The van der Waals surface area contributed by atoms with Gasteiger partial charge in [0.1, 0.15) is 6.61 Å². The maximum atomic E-state index is 5.17. The van der Waals surface area contributed by atoms with Gasteiger partial charge >= 0.3 is 0 Å². The fourth-order valence-corrected chi connectivity index (χ4v) is 0.369. The van der Waals surface area contributed by atoms with E-state index in [0.717, 1.165) is 5.76 Å². The number of methoxy groups -OCH3 is 1. The zero-order valence-electron chi connectivity index (χ0n) is 6.31. The fourth-order valence-electron chi connectivity index (χ4n) is 0.369. The minimum atomic E-state index is 0.646. The summed E-state index contributed by atoms with van der Waals surface area (Å²) < 4.78 is 9.95. The second kappa shape index (κ2) is 5.63. The molecule has 0 amide bonds. The summed E-state index contributed by atoms with van der Waals surface area (Å²) in [5, 5.41) is 0. The highest BCUT2D eigenvalue weighted by Gasteiger charge is 1.85. The third kappa shape index (κ3) is 5.37. The molecule has 0 heterocycles. The molecule has 0 radical (unpaired) electrons. The van der Waals surface area contributed by atoms with Gasteiger partial charge in [0.2, 0.25) is 0 Å². The summed E-state index contributed by atoms with van der Waals surface area (Å²) in [6.07, 6.45) is 1.93. The average Bonchev–Trinajstić information content (AvgIpc) is 1.89. The molecule has 0 saturated heterocycles. The average molecular weight is 130 g/mol. The second-order valence-corrected chi connectivity index (χ2v) is 1.74. The third-order valence-corrected chi connectivity index (χ3v) is 1.02. The summed E-state index contributed by atoms with van der Waals surface area (Å²) in [4.78, 5) is 0. The third-order valence-electron chi connectivity index (χ3n) is 1.02. The number of hydrogen-bond acceptors (Lipinski definition) is 2. The SMILES string of the molecule is C/C=C(\C)OCCOC. The number of hydrogen-bond donors (Lipinski definition) is 0. The van der Waals surface area contributed by atoms with Gasteiger partial charge in [-0.2, -0.15) is 0 Å². The highest BCUT2D eigenvalue weighted by atomic mass is 16.5. The van der Waals surface area contributed by atoms with E-state index in [4.69, 9.17) is 9.47 Å². The van der Waals surface area contributed by atoms with E-state index in [1.54, 1.807) is 7.11 Å². The number of rotatable bonds is 4. The van der Waals surface area contributed by atoms with Gasteiger partial charge in [-0.05, 0) is 13.8 Å². The highest BCUT2D eigenvalue weighted by molar-refractivity contribution is 4.83. The fraction of sp³-hybridized carbons (Fsp3) is 0.714. The van der Waals surface area contributed by atoms with E-state index in [-0.39, 0.29) is 0 Å². The van der Waals surface area contributed by atoms with Crippen LogP contribution >= 0.6 is 0 Å². The minimum absolute atomic E-state index is 0.646. The van der Waals surface area contributed by atoms with Gasteiger partial charge in [-0.1, -0.05) is 6.08 Å². The summed E-state index contributed by atoms with van der Waals surface area (Å²) in [5.41, 5.74) is 0. The standard InChI is InChI=1S/C7H14O2/c1-4-7(2)9-6-5-8-3/h4H,5-6H2,1-3H3/b7-4+. The normalized spacial score (nSPS) is 11.7. The van der Waals surface area contributed by atoms with E-state index in [0.29, 0.717) is 13.2 Å². The molecule has 2 nitrogen and oxygen atoms in total. The van der Waals surface area contributed by atoms with Crippen molar-refractivity contribution in [3.63, 3.8) is 0 Å². The molecule has 0 unspecified atom stereocenters. The van der Waals surface area contributed by atoms with Crippen molar-refractivity contribution in [1.29, 1.82) is 0 Å². The molecule has 0 aliphatic rings. The van der Waals surface area contributed by atoms with Crippen molar-refractivity contribution in [3.8, 4) is 0 Å². The van der Waals surface area contributed by atoms with Crippen LogP contribution in [-0.4, -0.2) is 20.3 Å². The first-order valence-electron chi connectivity index (χ1n) is 3.06. The van der Waals surface area contributed by atoms with Crippen LogP contribution in [0.25, 0.3) is 0 Å². The molecule has 0 bridgehead atoms. The van der Waals surface area contributed by atoms with Crippen LogP contribution in [0, 0.1) is 0 Å². The Kier molecular flexibility index (Phi) is 5.32. The van der Waals surface area contributed by atoms with Crippen molar-refractivity contribution in [2.45, 2.75) is 13.8 Å². The molecule has 0 spiro atoms. The maximum absolute atomic E-state index is 5.17. The van der Waals surface area contributed by atoms with Crippen LogP contribution in [-0.2, 0) is 9.47 Å². The van der Waals surface area contributed by atoms with E-state index in [1.807, 2.05) is 19.9 Å². The van der Waals surface area contributed by atoms with Crippen LogP contribution in [0.5, 0.6) is 0 Å². The molecule has 0 rings (SSSR count). The zero-order valence-corrected chi connectivity index (χ0v) is 6.31. The van der Waals surface area contributed by atoms with Crippen LogP contribution in [0.3, 0.4) is 0 Å². The lowest BCUT2D eigenvalue weighted by Crippen LogP contribution is -1.99. The molecular weight excluding hydrogens is 116 g/mol. The van der Waals surface area contributed by atoms with Gasteiger partial charge in [0.05, 0.1) is 12.4 Å². The largest absolute Gasteiger partial charge is 0.496 e.